The first-order valence-corrected chi connectivity index (χ1v) is 9.88. The molecule has 0 bridgehead atoms. The van der Waals surface area contributed by atoms with E-state index in [4.69, 9.17) is 0 Å². The number of nitrogens with zero attached hydrogens (tertiary/aromatic N) is 3. The lowest BCUT2D eigenvalue weighted by molar-refractivity contribution is -0.139. The van der Waals surface area contributed by atoms with Crippen LogP contribution in [0.1, 0.15) is 17.0 Å². The van der Waals surface area contributed by atoms with Gasteiger partial charge in [-0.15, -0.1) is 11.3 Å². The average Bonchev–Trinajstić information content (AvgIpc) is 3.18. The molecule has 1 aliphatic rings. The summed E-state index contributed by atoms with van der Waals surface area (Å²) < 4.78 is 0. The van der Waals surface area contributed by atoms with Gasteiger partial charge in [-0.2, -0.15) is 0 Å². The van der Waals surface area contributed by atoms with Crippen LogP contribution in [0.2, 0.25) is 0 Å². The van der Waals surface area contributed by atoms with Gasteiger partial charge < -0.3 is 15.3 Å². The molecule has 2 aromatic rings. The SMILES string of the molecule is O=C1NCCN(Cc2ccccn2)C1CC(=O)N(CCO)Cc1cccs1. The number of hydrogen-bond acceptors (Lipinski definition) is 6. The molecule has 8 heteroatoms. The molecule has 1 unspecified atom stereocenters. The third-order valence-electron chi connectivity index (χ3n) is 4.55. The quantitative estimate of drug-likeness (QED) is 0.700. The Morgan fingerprint density at radius 1 is 1.37 bits per heavy atom. The Labute approximate surface area is 162 Å². The fourth-order valence-corrected chi connectivity index (χ4v) is 3.89. The zero-order chi connectivity index (χ0) is 19.1. The number of rotatable bonds is 8. The maximum absolute atomic E-state index is 12.9. The van der Waals surface area contributed by atoms with Gasteiger partial charge in [0.2, 0.25) is 11.8 Å². The Morgan fingerprint density at radius 3 is 2.96 bits per heavy atom. The molecule has 144 valence electrons. The maximum Gasteiger partial charge on any atom is 0.237 e. The van der Waals surface area contributed by atoms with Gasteiger partial charge >= 0.3 is 0 Å². The molecule has 2 amide bonds. The molecule has 0 saturated carbocycles. The van der Waals surface area contributed by atoms with E-state index in [9.17, 15) is 14.7 Å². The topological polar surface area (TPSA) is 85.8 Å². The number of aromatic nitrogens is 1. The summed E-state index contributed by atoms with van der Waals surface area (Å²) in [4.78, 5) is 34.3. The van der Waals surface area contributed by atoms with E-state index in [0.29, 0.717) is 26.2 Å². The van der Waals surface area contributed by atoms with Gasteiger partial charge in [-0.25, -0.2) is 0 Å². The van der Waals surface area contributed by atoms with Crippen molar-refractivity contribution < 1.29 is 14.7 Å². The summed E-state index contributed by atoms with van der Waals surface area (Å²) in [6.07, 6.45) is 1.81. The zero-order valence-electron chi connectivity index (χ0n) is 15.1. The fourth-order valence-electron chi connectivity index (χ4n) is 3.17. The maximum atomic E-state index is 12.9. The number of aliphatic hydroxyl groups is 1. The highest BCUT2D eigenvalue weighted by atomic mass is 32.1. The van der Waals surface area contributed by atoms with Crippen LogP contribution in [-0.2, 0) is 22.7 Å². The molecule has 3 heterocycles. The van der Waals surface area contributed by atoms with Crippen molar-refractivity contribution in [3.8, 4) is 0 Å². The summed E-state index contributed by atoms with van der Waals surface area (Å²) in [6, 6.07) is 9.05. The highest BCUT2D eigenvalue weighted by Crippen LogP contribution is 2.17. The van der Waals surface area contributed by atoms with Gasteiger partial charge in [-0.05, 0) is 23.6 Å². The first-order chi connectivity index (χ1) is 13.2. The molecule has 27 heavy (non-hydrogen) atoms. The first kappa shape index (κ1) is 19.5. The molecule has 1 atom stereocenters. The minimum atomic E-state index is -0.530. The molecule has 2 aromatic heterocycles. The van der Waals surface area contributed by atoms with Crippen LogP contribution in [0.25, 0.3) is 0 Å². The average molecular weight is 388 g/mol. The van der Waals surface area contributed by atoms with Crippen LogP contribution in [-0.4, -0.2) is 64.0 Å². The van der Waals surface area contributed by atoms with Gasteiger partial charge in [0, 0.05) is 37.3 Å². The van der Waals surface area contributed by atoms with Gasteiger partial charge in [0.1, 0.15) is 0 Å². The number of carbonyl (C=O) groups is 2. The molecule has 7 nitrogen and oxygen atoms in total. The fraction of sp³-hybridized carbons (Fsp3) is 0.421. The number of piperazine rings is 1. The molecule has 0 aliphatic carbocycles. The van der Waals surface area contributed by atoms with Crippen molar-refractivity contribution in [1.29, 1.82) is 0 Å². The summed E-state index contributed by atoms with van der Waals surface area (Å²) in [6.45, 7) is 2.36. The number of amides is 2. The van der Waals surface area contributed by atoms with Crippen molar-refractivity contribution >= 4 is 23.2 Å². The molecule has 2 N–H and O–H groups in total. The summed E-state index contributed by atoms with van der Waals surface area (Å²) in [7, 11) is 0. The number of aliphatic hydroxyl groups excluding tert-OH is 1. The van der Waals surface area contributed by atoms with E-state index >= 15 is 0 Å². The lowest BCUT2D eigenvalue weighted by Gasteiger charge is -2.35. The normalized spacial score (nSPS) is 17.5. The van der Waals surface area contributed by atoms with Crippen molar-refractivity contribution in [2.75, 3.05) is 26.2 Å². The van der Waals surface area contributed by atoms with E-state index in [1.807, 2.05) is 40.6 Å². The van der Waals surface area contributed by atoms with Crippen molar-refractivity contribution in [1.82, 2.24) is 20.1 Å². The van der Waals surface area contributed by atoms with E-state index in [1.54, 1.807) is 22.4 Å². The van der Waals surface area contributed by atoms with Gasteiger partial charge in [-0.3, -0.25) is 19.5 Å². The third-order valence-corrected chi connectivity index (χ3v) is 5.41. The summed E-state index contributed by atoms with van der Waals surface area (Å²) in [5.74, 6) is -0.267. The molecule has 1 aliphatic heterocycles. The minimum absolute atomic E-state index is 0.0873. The number of nitrogens with one attached hydrogen (secondary N) is 1. The number of hydrogen-bond donors (Lipinski definition) is 2. The van der Waals surface area contributed by atoms with Gasteiger partial charge in [0.25, 0.3) is 0 Å². The number of thiophene rings is 1. The molecular formula is C19H24N4O3S. The molecule has 3 rings (SSSR count). The van der Waals surface area contributed by atoms with Crippen LogP contribution in [0, 0.1) is 0 Å². The molecule has 0 radical (unpaired) electrons. The summed E-state index contributed by atoms with van der Waals surface area (Å²) >= 11 is 1.57. The van der Waals surface area contributed by atoms with Crippen molar-refractivity contribution in [2.45, 2.75) is 25.6 Å². The zero-order valence-corrected chi connectivity index (χ0v) is 15.9. The molecule has 0 aromatic carbocycles. The smallest absolute Gasteiger partial charge is 0.237 e. The van der Waals surface area contributed by atoms with Crippen LogP contribution in [0.5, 0.6) is 0 Å². The molecule has 1 fully saturated rings. The Hall–Kier alpha value is -2.29. The second kappa shape index (κ2) is 9.59. The van der Waals surface area contributed by atoms with Crippen LogP contribution >= 0.6 is 11.3 Å². The van der Waals surface area contributed by atoms with Crippen LogP contribution < -0.4 is 5.32 Å². The van der Waals surface area contributed by atoms with Crippen molar-refractivity contribution in [2.24, 2.45) is 0 Å². The van der Waals surface area contributed by atoms with Gasteiger partial charge in [-0.1, -0.05) is 12.1 Å². The summed E-state index contributed by atoms with van der Waals surface area (Å²) in [5.41, 5.74) is 0.871. The third kappa shape index (κ3) is 5.35. The lowest BCUT2D eigenvalue weighted by atomic mass is 10.1. The second-order valence-corrected chi connectivity index (χ2v) is 7.45. The van der Waals surface area contributed by atoms with E-state index in [0.717, 1.165) is 10.6 Å². The van der Waals surface area contributed by atoms with E-state index in [-0.39, 0.29) is 31.4 Å². The van der Waals surface area contributed by atoms with Crippen LogP contribution in [0.15, 0.2) is 41.9 Å². The second-order valence-electron chi connectivity index (χ2n) is 6.42. The monoisotopic (exact) mass is 388 g/mol. The van der Waals surface area contributed by atoms with Gasteiger partial charge in [0.15, 0.2) is 0 Å². The molecule has 0 spiro atoms. The number of pyridine rings is 1. The Morgan fingerprint density at radius 2 is 2.26 bits per heavy atom. The highest BCUT2D eigenvalue weighted by molar-refractivity contribution is 7.09. The van der Waals surface area contributed by atoms with E-state index < -0.39 is 6.04 Å². The standard InChI is InChI=1S/C19H24N4O3S/c24-10-9-23(14-16-5-3-11-27-16)18(25)12-17-19(26)21-7-8-22(17)13-15-4-1-2-6-20-15/h1-6,11,17,24H,7-10,12-14H2,(H,21,26). The Balaban J connectivity index is 1.68. The van der Waals surface area contributed by atoms with Crippen LogP contribution in [0.4, 0.5) is 0 Å². The first-order valence-electron chi connectivity index (χ1n) is 9.00. The molecule has 1 saturated heterocycles. The minimum Gasteiger partial charge on any atom is -0.395 e. The van der Waals surface area contributed by atoms with E-state index in [1.165, 1.54) is 0 Å². The Bertz CT molecular complexity index is 739. The predicted molar refractivity (Wildman–Crippen MR) is 103 cm³/mol. The number of carbonyl (C=O) groups excluding carboxylic acids is 2. The largest absolute Gasteiger partial charge is 0.395 e. The van der Waals surface area contributed by atoms with Crippen LogP contribution in [0.3, 0.4) is 0 Å². The van der Waals surface area contributed by atoms with Crippen molar-refractivity contribution in [3.63, 3.8) is 0 Å². The Kier molecular flexibility index (Phi) is 6.92. The lowest BCUT2D eigenvalue weighted by Crippen LogP contribution is -2.56. The molecular weight excluding hydrogens is 364 g/mol. The van der Waals surface area contributed by atoms with Crippen molar-refractivity contribution in [3.05, 3.63) is 52.5 Å². The van der Waals surface area contributed by atoms with E-state index in [2.05, 4.69) is 10.3 Å². The van der Waals surface area contributed by atoms with Gasteiger partial charge in [0.05, 0.1) is 31.3 Å². The summed E-state index contributed by atoms with van der Waals surface area (Å²) in [5, 5.41) is 14.1. The predicted octanol–water partition coefficient (Wildman–Crippen LogP) is 0.855. The highest BCUT2D eigenvalue weighted by Gasteiger charge is 2.33.